The van der Waals surface area contributed by atoms with E-state index in [-0.39, 0.29) is 18.3 Å². The number of methoxy groups -OCH3 is 1. The van der Waals surface area contributed by atoms with Gasteiger partial charge in [0, 0.05) is 5.39 Å². The smallest absolute Gasteiger partial charge is 0.495 e. The van der Waals surface area contributed by atoms with Crippen molar-refractivity contribution in [1.82, 2.24) is 0 Å². The average Bonchev–Trinajstić information content (AvgIpc) is 2.66. The van der Waals surface area contributed by atoms with Gasteiger partial charge in [0.05, 0.1) is 18.3 Å². The van der Waals surface area contributed by atoms with Crippen molar-refractivity contribution in [3.05, 3.63) is 36.4 Å². The summed E-state index contributed by atoms with van der Waals surface area (Å²) in [5.74, 6) is 0.867. The van der Waals surface area contributed by atoms with Crippen LogP contribution in [0, 0.1) is 0 Å². The molecule has 0 aliphatic carbocycles. The first-order valence-electron chi connectivity index (χ1n) is 7.27. The van der Waals surface area contributed by atoms with E-state index in [0.717, 1.165) is 22.0 Å². The standard InChI is InChI=1S/C17H21BO3/c1-16(2)17(3,4)21-18(20-16)14-10-6-9-13-12(14)8-7-11-15(13)19-5/h6-11H,1-5H3. The Balaban J connectivity index is 2.11. The topological polar surface area (TPSA) is 27.7 Å². The van der Waals surface area contributed by atoms with Crippen molar-refractivity contribution in [2.75, 3.05) is 7.11 Å². The summed E-state index contributed by atoms with van der Waals surface area (Å²) in [5.41, 5.74) is 0.377. The van der Waals surface area contributed by atoms with Crippen molar-refractivity contribution in [1.29, 1.82) is 0 Å². The molecule has 0 N–H and O–H groups in total. The fourth-order valence-electron chi connectivity index (χ4n) is 2.66. The largest absolute Gasteiger partial charge is 0.496 e. The van der Waals surface area contributed by atoms with Gasteiger partial charge in [0.2, 0.25) is 0 Å². The molecule has 1 fully saturated rings. The van der Waals surface area contributed by atoms with Crippen LogP contribution in [0.15, 0.2) is 36.4 Å². The molecule has 0 atom stereocenters. The van der Waals surface area contributed by atoms with Gasteiger partial charge >= 0.3 is 7.12 Å². The van der Waals surface area contributed by atoms with Gasteiger partial charge in [-0.15, -0.1) is 0 Å². The van der Waals surface area contributed by atoms with Gasteiger partial charge in [-0.1, -0.05) is 30.3 Å². The van der Waals surface area contributed by atoms with E-state index < -0.39 is 0 Å². The van der Waals surface area contributed by atoms with Crippen LogP contribution in [0.25, 0.3) is 10.8 Å². The molecule has 3 nitrogen and oxygen atoms in total. The van der Waals surface area contributed by atoms with Gasteiger partial charge in [-0.05, 0) is 44.6 Å². The second-order valence-electron chi connectivity index (χ2n) is 6.49. The predicted octanol–water partition coefficient (Wildman–Crippen LogP) is 3.15. The molecule has 0 aromatic heterocycles. The first kappa shape index (κ1) is 14.4. The summed E-state index contributed by atoms with van der Waals surface area (Å²) in [6, 6.07) is 12.2. The molecule has 1 saturated heterocycles. The van der Waals surface area contributed by atoms with E-state index in [1.54, 1.807) is 7.11 Å². The molecule has 0 bridgehead atoms. The molecule has 4 heteroatoms. The van der Waals surface area contributed by atoms with E-state index in [0.29, 0.717) is 0 Å². The Morgan fingerprint density at radius 3 is 2.05 bits per heavy atom. The molecule has 0 saturated carbocycles. The van der Waals surface area contributed by atoms with Gasteiger partial charge in [0.25, 0.3) is 0 Å². The lowest BCUT2D eigenvalue weighted by Crippen LogP contribution is -2.41. The second-order valence-corrected chi connectivity index (χ2v) is 6.49. The molecule has 1 heterocycles. The van der Waals surface area contributed by atoms with Crippen molar-refractivity contribution >= 4 is 23.4 Å². The molecule has 0 spiro atoms. The predicted molar refractivity (Wildman–Crippen MR) is 86.2 cm³/mol. The molecular weight excluding hydrogens is 263 g/mol. The summed E-state index contributed by atoms with van der Waals surface area (Å²) in [6.07, 6.45) is 0. The van der Waals surface area contributed by atoms with Crippen molar-refractivity contribution < 1.29 is 14.0 Å². The zero-order valence-corrected chi connectivity index (χ0v) is 13.3. The number of ether oxygens (including phenoxy) is 1. The first-order chi connectivity index (χ1) is 9.86. The first-order valence-corrected chi connectivity index (χ1v) is 7.27. The lowest BCUT2D eigenvalue weighted by atomic mass is 9.76. The third kappa shape index (κ3) is 2.23. The fraction of sp³-hybridized carbons (Fsp3) is 0.412. The Morgan fingerprint density at radius 2 is 1.43 bits per heavy atom. The number of fused-ring (bicyclic) bond motifs is 1. The van der Waals surface area contributed by atoms with Crippen LogP contribution in [-0.2, 0) is 9.31 Å². The Kier molecular flexibility index (Phi) is 3.26. The molecule has 2 aromatic carbocycles. The summed E-state index contributed by atoms with van der Waals surface area (Å²) in [6.45, 7) is 8.27. The minimum Gasteiger partial charge on any atom is -0.496 e. The maximum atomic E-state index is 6.17. The number of benzene rings is 2. The number of hydrogen-bond donors (Lipinski definition) is 0. The van der Waals surface area contributed by atoms with Crippen molar-refractivity contribution in [2.24, 2.45) is 0 Å². The summed E-state index contributed by atoms with van der Waals surface area (Å²) in [7, 11) is 1.33. The van der Waals surface area contributed by atoms with E-state index in [9.17, 15) is 0 Å². The van der Waals surface area contributed by atoms with E-state index in [4.69, 9.17) is 14.0 Å². The highest BCUT2D eigenvalue weighted by atomic mass is 16.7. The van der Waals surface area contributed by atoms with Crippen molar-refractivity contribution in [3.63, 3.8) is 0 Å². The normalized spacial score (nSPS) is 20.0. The minimum atomic E-state index is -0.356. The Morgan fingerprint density at radius 1 is 0.857 bits per heavy atom. The summed E-state index contributed by atoms with van der Waals surface area (Å²) in [4.78, 5) is 0. The van der Waals surface area contributed by atoms with E-state index >= 15 is 0 Å². The molecule has 1 aliphatic rings. The van der Waals surface area contributed by atoms with Crippen LogP contribution < -0.4 is 10.2 Å². The minimum absolute atomic E-state index is 0.335. The molecule has 1 aliphatic heterocycles. The van der Waals surface area contributed by atoms with E-state index in [2.05, 4.69) is 45.9 Å². The number of hydrogen-bond acceptors (Lipinski definition) is 3. The maximum Gasteiger partial charge on any atom is 0.495 e. The lowest BCUT2D eigenvalue weighted by molar-refractivity contribution is 0.00578. The molecule has 0 unspecified atom stereocenters. The van der Waals surface area contributed by atoms with E-state index in [1.165, 1.54) is 0 Å². The Bertz CT molecular complexity index is 663. The van der Waals surface area contributed by atoms with Crippen molar-refractivity contribution in [2.45, 2.75) is 38.9 Å². The van der Waals surface area contributed by atoms with Crippen LogP contribution in [-0.4, -0.2) is 25.4 Å². The molecule has 2 aromatic rings. The molecule has 0 radical (unpaired) electrons. The van der Waals surface area contributed by atoms with Crippen LogP contribution in [0.2, 0.25) is 0 Å². The maximum absolute atomic E-state index is 6.17. The molecular formula is C17H21BO3. The third-order valence-electron chi connectivity index (χ3n) is 4.64. The van der Waals surface area contributed by atoms with Gasteiger partial charge in [-0.3, -0.25) is 0 Å². The van der Waals surface area contributed by atoms with Gasteiger partial charge < -0.3 is 14.0 Å². The summed E-state index contributed by atoms with van der Waals surface area (Å²) in [5, 5.41) is 2.18. The third-order valence-corrected chi connectivity index (χ3v) is 4.64. The molecule has 3 rings (SSSR count). The van der Waals surface area contributed by atoms with Gasteiger partial charge in [0.15, 0.2) is 0 Å². The van der Waals surface area contributed by atoms with Gasteiger partial charge in [-0.2, -0.15) is 0 Å². The highest BCUT2D eigenvalue weighted by Gasteiger charge is 2.52. The van der Waals surface area contributed by atoms with Gasteiger partial charge in [0.1, 0.15) is 5.75 Å². The average molecular weight is 284 g/mol. The van der Waals surface area contributed by atoms with Gasteiger partial charge in [-0.25, -0.2) is 0 Å². The zero-order chi connectivity index (χ0) is 15.3. The molecule has 0 amide bonds. The second kappa shape index (κ2) is 4.75. The quantitative estimate of drug-likeness (QED) is 0.793. The highest BCUT2D eigenvalue weighted by molar-refractivity contribution is 6.65. The summed E-state index contributed by atoms with van der Waals surface area (Å²) < 4.78 is 17.8. The van der Waals surface area contributed by atoms with Crippen LogP contribution in [0.1, 0.15) is 27.7 Å². The van der Waals surface area contributed by atoms with Crippen LogP contribution in [0.4, 0.5) is 0 Å². The van der Waals surface area contributed by atoms with Crippen LogP contribution in [0.3, 0.4) is 0 Å². The fourth-order valence-corrected chi connectivity index (χ4v) is 2.66. The van der Waals surface area contributed by atoms with E-state index in [1.807, 2.05) is 18.2 Å². The Hall–Kier alpha value is -1.52. The van der Waals surface area contributed by atoms with Crippen LogP contribution >= 0.6 is 0 Å². The monoisotopic (exact) mass is 284 g/mol. The SMILES string of the molecule is COc1cccc2c(B3OC(C)(C)C(C)(C)O3)cccc12. The highest BCUT2D eigenvalue weighted by Crippen LogP contribution is 2.37. The summed E-state index contributed by atoms with van der Waals surface area (Å²) >= 11 is 0. The molecule has 21 heavy (non-hydrogen) atoms. The zero-order valence-electron chi connectivity index (χ0n) is 13.3. The lowest BCUT2D eigenvalue weighted by Gasteiger charge is -2.32. The molecule has 110 valence electrons. The van der Waals surface area contributed by atoms with Crippen molar-refractivity contribution in [3.8, 4) is 5.75 Å². The number of rotatable bonds is 2. The van der Waals surface area contributed by atoms with Crippen LogP contribution in [0.5, 0.6) is 5.75 Å². The Labute approximate surface area is 126 Å².